The van der Waals surface area contributed by atoms with Gasteiger partial charge >= 0.3 is 0 Å². The van der Waals surface area contributed by atoms with Crippen LogP contribution in [0.15, 0.2) is 11.5 Å². The van der Waals surface area contributed by atoms with Gasteiger partial charge in [-0.05, 0) is 50.4 Å². The number of fused-ring (bicyclic) bond motifs is 1. The van der Waals surface area contributed by atoms with E-state index in [0.29, 0.717) is 31.1 Å². The maximum absolute atomic E-state index is 13.2. The van der Waals surface area contributed by atoms with E-state index in [4.69, 9.17) is 9.84 Å². The average molecular weight is 419 g/mol. The van der Waals surface area contributed by atoms with Crippen LogP contribution in [0.2, 0.25) is 0 Å². The summed E-state index contributed by atoms with van der Waals surface area (Å²) < 4.78 is 32.4. The van der Waals surface area contributed by atoms with Crippen molar-refractivity contribution in [3.63, 3.8) is 0 Å². The van der Waals surface area contributed by atoms with E-state index in [0.717, 1.165) is 44.9 Å². The van der Waals surface area contributed by atoms with E-state index in [1.165, 1.54) is 0 Å². The van der Waals surface area contributed by atoms with Crippen molar-refractivity contribution in [3.05, 3.63) is 11.5 Å². The van der Waals surface area contributed by atoms with Crippen molar-refractivity contribution in [2.75, 3.05) is 6.61 Å². The minimum absolute atomic E-state index is 0.0367. The highest BCUT2D eigenvalue weighted by atomic mass is 19.3. The second-order valence-corrected chi connectivity index (χ2v) is 8.62. The van der Waals surface area contributed by atoms with Crippen LogP contribution in [0.25, 0.3) is 0 Å². The smallest absolute Gasteiger partial charge is 0.241 e. The van der Waals surface area contributed by atoms with Crippen molar-refractivity contribution in [3.8, 4) is 0 Å². The Morgan fingerprint density at radius 3 is 2.52 bits per heavy atom. The molecule has 2 fully saturated rings. The molecule has 0 spiro atoms. The number of aliphatic hydroxyl groups excluding tert-OH is 3. The molecule has 5 nitrogen and oxygen atoms in total. The molecule has 1 saturated carbocycles. The Kier molecular flexibility index (Phi) is 9.83. The van der Waals surface area contributed by atoms with E-state index >= 15 is 0 Å². The lowest BCUT2D eigenvalue weighted by atomic mass is 9.85. The second-order valence-electron chi connectivity index (χ2n) is 8.62. The molecule has 29 heavy (non-hydrogen) atoms. The van der Waals surface area contributed by atoms with E-state index in [9.17, 15) is 23.8 Å². The van der Waals surface area contributed by atoms with Crippen LogP contribution in [-0.2, 0) is 9.53 Å². The quantitative estimate of drug-likeness (QED) is 0.287. The largest absolute Gasteiger partial charge is 0.508 e. The van der Waals surface area contributed by atoms with E-state index in [-0.39, 0.29) is 18.6 Å². The van der Waals surface area contributed by atoms with E-state index in [1.54, 1.807) is 0 Å². The predicted octanol–water partition coefficient (Wildman–Crippen LogP) is 5.08. The maximum Gasteiger partial charge on any atom is 0.241 e. The highest BCUT2D eigenvalue weighted by Crippen LogP contribution is 2.46. The summed E-state index contributed by atoms with van der Waals surface area (Å²) in [7, 11) is 0. The fourth-order valence-corrected chi connectivity index (χ4v) is 4.93. The SMILES string of the molecule is CCCC[C@H](CCC[C@H]1CC[C@@H]2OC(CCC(O)=C(O)C(=O)CO)C[C@H]12)C(F)F. The van der Waals surface area contributed by atoms with Gasteiger partial charge in [-0.1, -0.05) is 32.6 Å². The molecule has 2 rings (SSSR count). The van der Waals surface area contributed by atoms with Crippen LogP contribution in [0.3, 0.4) is 0 Å². The van der Waals surface area contributed by atoms with Crippen LogP contribution in [0.1, 0.15) is 77.6 Å². The zero-order chi connectivity index (χ0) is 21.4. The van der Waals surface area contributed by atoms with Crippen molar-refractivity contribution < 1.29 is 33.6 Å². The Bertz CT molecular complexity index is 551. The summed E-state index contributed by atoms with van der Waals surface area (Å²) >= 11 is 0. The molecule has 1 heterocycles. The van der Waals surface area contributed by atoms with Crippen LogP contribution in [0.5, 0.6) is 0 Å². The number of hydrogen-bond acceptors (Lipinski definition) is 5. The van der Waals surface area contributed by atoms with Gasteiger partial charge in [0.15, 0.2) is 5.76 Å². The molecular formula is C22H36F2O5. The number of Topliss-reactive ketones (excluding diaryl/α,β-unsaturated/α-hetero) is 1. The first-order valence-electron chi connectivity index (χ1n) is 11.1. The number of aliphatic hydroxyl groups is 3. The minimum Gasteiger partial charge on any atom is -0.508 e. The second kappa shape index (κ2) is 11.8. The summed E-state index contributed by atoms with van der Waals surface area (Å²) in [4.78, 5) is 11.2. The number of carbonyl (C=O) groups excluding carboxylic acids is 1. The van der Waals surface area contributed by atoms with Gasteiger partial charge in [-0.2, -0.15) is 0 Å². The Morgan fingerprint density at radius 1 is 1.14 bits per heavy atom. The van der Waals surface area contributed by atoms with Gasteiger partial charge in [0, 0.05) is 12.3 Å². The molecular weight excluding hydrogens is 382 g/mol. The monoisotopic (exact) mass is 418 g/mol. The van der Waals surface area contributed by atoms with Gasteiger partial charge in [0.2, 0.25) is 12.2 Å². The van der Waals surface area contributed by atoms with Crippen molar-refractivity contribution in [1.82, 2.24) is 0 Å². The number of hydrogen-bond donors (Lipinski definition) is 3. The first-order chi connectivity index (χ1) is 13.9. The number of rotatable bonds is 13. The summed E-state index contributed by atoms with van der Waals surface area (Å²) in [6.45, 7) is 1.19. The number of ether oxygens (including phenoxy) is 1. The standard InChI is InChI=1S/C22H36F2O5/c1-2-3-5-15(22(23)24)7-4-6-14-8-11-20-17(14)12-16(29-20)9-10-18(26)21(28)19(27)13-25/h14-17,20,22,25-26,28H,2-13H2,1H3/t14-,15+,16?,17+,20-/m0/s1. The minimum atomic E-state index is -2.23. The molecule has 1 unspecified atom stereocenters. The normalized spacial score (nSPS) is 28.4. The molecule has 1 aliphatic heterocycles. The number of ketones is 1. The fraction of sp³-hybridized carbons (Fsp3) is 0.864. The Morgan fingerprint density at radius 2 is 1.86 bits per heavy atom. The molecule has 0 aromatic heterocycles. The van der Waals surface area contributed by atoms with Crippen LogP contribution in [-0.4, -0.2) is 46.3 Å². The molecule has 1 aliphatic carbocycles. The fourth-order valence-electron chi connectivity index (χ4n) is 4.93. The van der Waals surface area contributed by atoms with Gasteiger partial charge in [0.25, 0.3) is 0 Å². The molecule has 0 radical (unpaired) electrons. The van der Waals surface area contributed by atoms with Crippen molar-refractivity contribution in [2.45, 2.75) is 96.2 Å². The molecule has 0 aromatic carbocycles. The van der Waals surface area contributed by atoms with Crippen LogP contribution >= 0.6 is 0 Å². The van der Waals surface area contributed by atoms with Crippen molar-refractivity contribution in [1.29, 1.82) is 0 Å². The molecule has 1 saturated heterocycles. The average Bonchev–Trinajstić information content (AvgIpc) is 3.28. The Labute approximate surface area is 172 Å². The zero-order valence-electron chi connectivity index (χ0n) is 17.4. The first-order valence-corrected chi connectivity index (χ1v) is 11.1. The summed E-state index contributed by atoms with van der Waals surface area (Å²) in [5.41, 5.74) is 0. The molecule has 7 heteroatoms. The molecule has 0 aromatic rings. The number of alkyl halides is 2. The third-order valence-corrected chi connectivity index (χ3v) is 6.63. The lowest BCUT2D eigenvalue weighted by molar-refractivity contribution is -0.120. The van der Waals surface area contributed by atoms with Gasteiger partial charge in [0.1, 0.15) is 12.4 Å². The number of halogens is 2. The van der Waals surface area contributed by atoms with Gasteiger partial charge < -0.3 is 20.1 Å². The van der Waals surface area contributed by atoms with Crippen LogP contribution in [0.4, 0.5) is 8.78 Å². The topological polar surface area (TPSA) is 87.0 Å². The lowest BCUT2D eigenvalue weighted by Crippen LogP contribution is -2.15. The summed E-state index contributed by atoms with van der Waals surface area (Å²) in [6, 6.07) is 0. The molecule has 5 atom stereocenters. The van der Waals surface area contributed by atoms with Gasteiger partial charge in [-0.25, -0.2) is 8.78 Å². The molecule has 2 aliphatic rings. The third-order valence-electron chi connectivity index (χ3n) is 6.63. The zero-order valence-corrected chi connectivity index (χ0v) is 17.4. The molecule has 168 valence electrons. The van der Waals surface area contributed by atoms with Gasteiger partial charge in [0.05, 0.1) is 12.2 Å². The van der Waals surface area contributed by atoms with Gasteiger partial charge in [-0.3, -0.25) is 4.79 Å². The number of unbranched alkanes of at least 4 members (excludes halogenated alkanes) is 1. The highest BCUT2D eigenvalue weighted by Gasteiger charge is 2.43. The lowest BCUT2D eigenvalue weighted by Gasteiger charge is -2.20. The maximum atomic E-state index is 13.2. The Hall–Kier alpha value is -1.21. The van der Waals surface area contributed by atoms with Crippen molar-refractivity contribution in [2.24, 2.45) is 17.8 Å². The molecule has 0 bridgehead atoms. The predicted molar refractivity (Wildman–Crippen MR) is 106 cm³/mol. The third kappa shape index (κ3) is 6.92. The van der Waals surface area contributed by atoms with Gasteiger partial charge in [-0.15, -0.1) is 0 Å². The summed E-state index contributed by atoms with van der Waals surface area (Å²) in [5, 5.41) is 28.0. The summed E-state index contributed by atoms with van der Waals surface area (Å²) in [6.07, 6.45) is 6.28. The number of carbonyl (C=O) groups is 1. The highest BCUT2D eigenvalue weighted by molar-refractivity contribution is 5.94. The van der Waals surface area contributed by atoms with E-state index in [1.807, 2.05) is 6.92 Å². The molecule has 0 amide bonds. The summed E-state index contributed by atoms with van der Waals surface area (Å²) in [5.74, 6) is -1.63. The van der Waals surface area contributed by atoms with Crippen LogP contribution < -0.4 is 0 Å². The first kappa shape index (κ1) is 24.1. The van der Waals surface area contributed by atoms with E-state index in [2.05, 4.69) is 0 Å². The molecule has 3 N–H and O–H groups in total. The van der Waals surface area contributed by atoms with E-state index < -0.39 is 36.3 Å². The van der Waals surface area contributed by atoms with Crippen LogP contribution in [0, 0.1) is 17.8 Å². The Balaban J connectivity index is 1.75. The van der Waals surface area contributed by atoms with Crippen molar-refractivity contribution >= 4 is 5.78 Å². The number of allylic oxidation sites excluding steroid dienone is 1.